The number of furan rings is 1. The van der Waals surface area contributed by atoms with E-state index < -0.39 is 21.8 Å². The fourth-order valence-corrected chi connectivity index (χ4v) is 4.98. The summed E-state index contributed by atoms with van der Waals surface area (Å²) < 4.78 is 47.3. The maximum atomic E-state index is 13.9. The first kappa shape index (κ1) is 21.0. The molecular formula is C22H16FNO5S2. The minimum atomic E-state index is -4.09. The summed E-state index contributed by atoms with van der Waals surface area (Å²) in [5.41, 5.74) is 1.39. The van der Waals surface area contributed by atoms with Crippen molar-refractivity contribution < 1.29 is 27.1 Å². The van der Waals surface area contributed by atoms with Crippen LogP contribution < -0.4 is 4.72 Å². The Bertz CT molecular complexity index is 1350. The molecule has 4 aromatic rings. The first-order valence-electron chi connectivity index (χ1n) is 9.08. The van der Waals surface area contributed by atoms with Crippen LogP contribution in [-0.2, 0) is 15.8 Å². The zero-order valence-corrected chi connectivity index (χ0v) is 17.5. The number of hydrogen-bond acceptors (Lipinski definition) is 5. The van der Waals surface area contributed by atoms with Gasteiger partial charge in [-0.05, 0) is 42.0 Å². The molecule has 0 spiro atoms. The number of benzene rings is 3. The topological polar surface area (TPSA) is 96.6 Å². The number of carboxylic acids is 1. The van der Waals surface area contributed by atoms with Crippen LogP contribution in [0, 0.1) is 5.82 Å². The first-order chi connectivity index (χ1) is 14.8. The van der Waals surface area contributed by atoms with Gasteiger partial charge in [0.25, 0.3) is 10.0 Å². The van der Waals surface area contributed by atoms with Crippen LogP contribution in [0.2, 0.25) is 0 Å². The Hall–Kier alpha value is -3.30. The highest BCUT2D eigenvalue weighted by molar-refractivity contribution is 7.98. The summed E-state index contributed by atoms with van der Waals surface area (Å²) in [5, 5.41) is 9.48. The molecular weight excluding hydrogens is 441 g/mol. The van der Waals surface area contributed by atoms with Gasteiger partial charge in [0.15, 0.2) is 0 Å². The van der Waals surface area contributed by atoms with Gasteiger partial charge in [0, 0.05) is 22.1 Å². The summed E-state index contributed by atoms with van der Waals surface area (Å²) in [4.78, 5) is 11.6. The van der Waals surface area contributed by atoms with Crippen molar-refractivity contribution in [1.82, 2.24) is 0 Å². The zero-order valence-electron chi connectivity index (χ0n) is 15.9. The largest absolute Gasteiger partial charge is 0.478 e. The van der Waals surface area contributed by atoms with E-state index in [9.17, 15) is 17.6 Å². The van der Waals surface area contributed by atoms with Crippen molar-refractivity contribution in [3.63, 3.8) is 0 Å². The van der Waals surface area contributed by atoms with Gasteiger partial charge in [0.2, 0.25) is 5.09 Å². The van der Waals surface area contributed by atoms with Gasteiger partial charge < -0.3 is 9.52 Å². The van der Waals surface area contributed by atoms with Crippen molar-refractivity contribution in [3.05, 3.63) is 89.7 Å². The molecule has 4 rings (SSSR count). The number of carboxylic acid groups (broad SMARTS) is 1. The molecule has 0 bridgehead atoms. The summed E-state index contributed by atoms with van der Waals surface area (Å²) in [5.74, 6) is -1.26. The maximum absolute atomic E-state index is 13.9. The Kier molecular flexibility index (Phi) is 5.71. The van der Waals surface area contributed by atoms with Crippen molar-refractivity contribution in [2.24, 2.45) is 0 Å². The van der Waals surface area contributed by atoms with Crippen LogP contribution in [0.4, 0.5) is 10.1 Å². The average molecular weight is 458 g/mol. The van der Waals surface area contributed by atoms with Crippen LogP contribution in [0.25, 0.3) is 11.0 Å². The second-order valence-corrected chi connectivity index (χ2v) is 9.27. The molecule has 6 nitrogen and oxygen atoms in total. The van der Waals surface area contributed by atoms with E-state index in [2.05, 4.69) is 4.72 Å². The summed E-state index contributed by atoms with van der Waals surface area (Å²) in [6.07, 6.45) is 0. The predicted octanol–water partition coefficient (Wildman–Crippen LogP) is 5.36. The number of fused-ring (bicyclic) bond motifs is 1. The maximum Gasteiger partial charge on any atom is 0.335 e. The van der Waals surface area contributed by atoms with Crippen LogP contribution in [0.3, 0.4) is 0 Å². The minimum absolute atomic E-state index is 0.0693. The molecule has 0 fully saturated rings. The van der Waals surface area contributed by atoms with Crippen LogP contribution in [0.15, 0.2) is 87.2 Å². The van der Waals surface area contributed by atoms with E-state index in [1.165, 1.54) is 42.1 Å². The predicted molar refractivity (Wildman–Crippen MR) is 116 cm³/mol. The van der Waals surface area contributed by atoms with Crippen molar-refractivity contribution in [1.29, 1.82) is 0 Å². The number of nitrogens with one attached hydrogen (secondary N) is 1. The molecule has 1 heterocycles. The molecule has 3 aromatic carbocycles. The molecule has 0 aliphatic heterocycles. The Morgan fingerprint density at radius 3 is 2.61 bits per heavy atom. The molecule has 0 unspecified atom stereocenters. The highest BCUT2D eigenvalue weighted by Crippen LogP contribution is 2.33. The number of halogens is 1. The molecule has 0 atom stereocenters. The van der Waals surface area contributed by atoms with Crippen LogP contribution in [0.5, 0.6) is 0 Å². The number of thioether (sulfide) groups is 1. The first-order valence-corrected chi connectivity index (χ1v) is 11.5. The third-order valence-electron chi connectivity index (χ3n) is 4.42. The SMILES string of the molecule is O=C(O)c1cccc(CSc2ccc(F)cc2NS(=O)(=O)c2cc3ccccc3o2)c1. The lowest BCUT2D eigenvalue weighted by Crippen LogP contribution is -2.13. The quantitative estimate of drug-likeness (QED) is 0.363. The van der Waals surface area contributed by atoms with Gasteiger partial charge in [-0.25, -0.2) is 9.18 Å². The van der Waals surface area contributed by atoms with E-state index in [4.69, 9.17) is 9.52 Å². The highest BCUT2D eigenvalue weighted by Gasteiger charge is 2.21. The molecule has 158 valence electrons. The lowest BCUT2D eigenvalue weighted by Gasteiger charge is -2.12. The van der Waals surface area contributed by atoms with Gasteiger partial charge in [-0.15, -0.1) is 11.8 Å². The fourth-order valence-electron chi connectivity index (χ4n) is 2.95. The van der Waals surface area contributed by atoms with Gasteiger partial charge in [0.1, 0.15) is 11.4 Å². The van der Waals surface area contributed by atoms with Crippen LogP contribution in [0.1, 0.15) is 15.9 Å². The van der Waals surface area contributed by atoms with E-state index in [1.807, 2.05) is 0 Å². The Morgan fingerprint density at radius 2 is 1.84 bits per heavy atom. The smallest absolute Gasteiger partial charge is 0.335 e. The molecule has 9 heteroatoms. The molecule has 0 radical (unpaired) electrons. The van der Waals surface area contributed by atoms with E-state index in [0.29, 0.717) is 21.6 Å². The molecule has 2 N–H and O–H groups in total. The molecule has 0 amide bonds. The molecule has 31 heavy (non-hydrogen) atoms. The number of para-hydroxylation sites is 1. The molecule has 0 saturated heterocycles. The minimum Gasteiger partial charge on any atom is -0.478 e. The lowest BCUT2D eigenvalue weighted by atomic mass is 10.1. The summed E-state index contributed by atoms with van der Waals surface area (Å²) >= 11 is 1.25. The van der Waals surface area contributed by atoms with Crippen molar-refractivity contribution in [2.45, 2.75) is 15.7 Å². The summed E-state index contributed by atoms with van der Waals surface area (Å²) in [6.45, 7) is 0. The number of carbonyl (C=O) groups is 1. The molecule has 0 aliphatic carbocycles. The standard InChI is InChI=1S/C22H16FNO5S2/c23-17-8-9-20(30-13-14-4-3-6-16(10-14)22(25)26)18(12-17)24-31(27,28)21-11-15-5-1-2-7-19(15)29-21/h1-12,24H,13H2,(H,25,26). The van der Waals surface area contributed by atoms with E-state index >= 15 is 0 Å². The van der Waals surface area contributed by atoms with E-state index in [-0.39, 0.29) is 16.3 Å². The van der Waals surface area contributed by atoms with Crippen molar-refractivity contribution >= 4 is 44.4 Å². The van der Waals surface area contributed by atoms with Crippen molar-refractivity contribution in [2.75, 3.05) is 4.72 Å². The van der Waals surface area contributed by atoms with Crippen LogP contribution in [-0.4, -0.2) is 19.5 Å². The van der Waals surface area contributed by atoms with Gasteiger partial charge >= 0.3 is 5.97 Å². The Morgan fingerprint density at radius 1 is 1.03 bits per heavy atom. The third kappa shape index (κ3) is 4.73. The molecule has 0 saturated carbocycles. The number of aromatic carboxylic acids is 1. The second-order valence-electron chi connectivity index (χ2n) is 6.64. The number of hydrogen-bond donors (Lipinski definition) is 2. The monoisotopic (exact) mass is 457 g/mol. The Labute approximate surface area is 181 Å². The van der Waals surface area contributed by atoms with Gasteiger partial charge in [0.05, 0.1) is 11.3 Å². The highest BCUT2D eigenvalue weighted by atomic mass is 32.2. The number of anilines is 1. The summed E-state index contributed by atoms with van der Waals surface area (Å²) in [7, 11) is -4.09. The number of sulfonamides is 1. The lowest BCUT2D eigenvalue weighted by molar-refractivity contribution is 0.0696. The van der Waals surface area contributed by atoms with Gasteiger partial charge in [-0.1, -0.05) is 30.3 Å². The van der Waals surface area contributed by atoms with Gasteiger partial charge in [-0.3, -0.25) is 4.72 Å². The summed E-state index contributed by atoms with van der Waals surface area (Å²) in [6, 6.07) is 18.5. The third-order valence-corrected chi connectivity index (χ3v) is 6.79. The average Bonchev–Trinajstić information content (AvgIpc) is 3.18. The second kappa shape index (κ2) is 8.44. The van der Waals surface area contributed by atoms with E-state index in [0.717, 1.165) is 11.6 Å². The molecule has 1 aromatic heterocycles. The zero-order chi connectivity index (χ0) is 22.0. The van der Waals surface area contributed by atoms with Gasteiger partial charge in [-0.2, -0.15) is 8.42 Å². The van der Waals surface area contributed by atoms with Crippen molar-refractivity contribution in [3.8, 4) is 0 Å². The Balaban J connectivity index is 1.59. The molecule has 0 aliphatic rings. The number of rotatable bonds is 7. The normalized spacial score (nSPS) is 11.5. The van der Waals surface area contributed by atoms with Crippen LogP contribution >= 0.6 is 11.8 Å². The van der Waals surface area contributed by atoms with E-state index in [1.54, 1.807) is 36.4 Å². The fraction of sp³-hybridized carbons (Fsp3) is 0.0455.